The van der Waals surface area contributed by atoms with Crippen molar-refractivity contribution in [2.75, 3.05) is 6.61 Å². The van der Waals surface area contributed by atoms with Crippen LogP contribution in [-0.4, -0.2) is 12.9 Å². The topological polar surface area (TPSA) is 18.5 Å². The molecular formula is C11H12BrFO2. The maximum Gasteiger partial charge on any atom is 0.199 e. The second kappa shape index (κ2) is 4.94. The van der Waals surface area contributed by atoms with Gasteiger partial charge in [-0.25, -0.2) is 4.39 Å². The summed E-state index contributed by atoms with van der Waals surface area (Å²) in [6.07, 6.45) is 2.65. The van der Waals surface area contributed by atoms with Gasteiger partial charge in [0.2, 0.25) is 0 Å². The van der Waals surface area contributed by atoms with Crippen LogP contribution in [0.1, 0.15) is 19.3 Å². The Morgan fingerprint density at radius 2 is 2.27 bits per heavy atom. The van der Waals surface area contributed by atoms with Crippen molar-refractivity contribution in [3.8, 4) is 5.75 Å². The fraction of sp³-hybridized carbons (Fsp3) is 0.455. The van der Waals surface area contributed by atoms with E-state index < -0.39 is 0 Å². The first-order valence-corrected chi connectivity index (χ1v) is 5.78. The average molecular weight is 275 g/mol. The first-order valence-electron chi connectivity index (χ1n) is 4.99. The van der Waals surface area contributed by atoms with E-state index in [0.29, 0.717) is 6.61 Å². The second-order valence-electron chi connectivity index (χ2n) is 3.49. The van der Waals surface area contributed by atoms with Gasteiger partial charge in [-0.3, -0.25) is 0 Å². The number of rotatable bonds is 2. The van der Waals surface area contributed by atoms with Crippen LogP contribution in [-0.2, 0) is 4.74 Å². The van der Waals surface area contributed by atoms with Crippen LogP contribution in [0.5, 0.6) is 5.75 Å². The summed E-state index contributed by atoms with van der Waals surface area (Å²) in [5.41, 5.74) is 0. The smallest absolute Gasteiger partial charge is 0.199 e. The van der Waals surface area contributed by atoms with Gasteiger partial charge in [0.1, 0.15) is 0 Å². The molecule has 2 nitrogen and oxygen atoms in total. The van der Waals surface area contributed by atoms with Crippen LogP contribution in [0, 0.1) is 5.82 Å². The first-order chi connectivity index (χ1) is 7.25. The summed E-state index contributed by atoms with van der Waals surface area (Å²) in [7, 11) is 0. The van der Waals surface area contributed by atoms with Crippen LogP contribution in [0.25, 0.3) is 0 Å². The minimum absolute atomic E-state index is 0.247. The number of hydrogen-bond acceptors (Lipinski definition) is 2. The highest BCUT2D eigenvalue weighted by Crippen LogP contribution is 2.25. The third-order valence-electron chi connectivity index (χ3n) is 2.29. The molecule has 1 saturated heterocycles. The van der Waals surface area contributed by atoms with Gasteiger partial charge in [-0.1, -0.05) is 15.9 Å². The maximum atomic E-state index is 13.3. The molecule has 0 radical (unpaired) electrons. The molecule has 15 heavy (non-hydrogen) atoms. The Morgan fingerprint density at radius 3 is 3.00 bits per heavy atom. The molecule has 0 aromatic heterocycles. The molecule has 82 valence electrons. The Bertz CT molecular complexity index is 337. The lowest BCUT2D eigenvalue weighted by Gasteiger charge is -2.23. The zero-order valence-corrected chi connectivity index (χ0v) is 9.80. The van der Waals surface area contributed by atoms with Gasteiger partial charge < -0.3 is 9.47 Å². The van der Waals surface area contributed by atoms with Crippen molar-refractivity contribution < 1.29 is 13.9 Å². The van der Waals surface area contributed by atoms with E-state index in [4.69, 9.17) is 9.47 Å². The molecule has 1 aromatic carbocycles. The Kier molecular flexibility index (Phi) is 3.59. The summed E-state index contributed by atoms with van der Waals surface area (Å²) in [4.78, 5) is 0. The van der Waals surface area contributed by atoms with Gasteiger partial charge in [0.25, 0.3) is 0 Å². The standard InChI is InChI=1S/C11H12BrFO2/c12-8-4-5-9(13)10(7-8)15-11-3-1-2-6-14-11/h4-5,7,11H,1-3,6H2/t11-/m1/s1. The molecule has 2 rings (SSSR count). The van der Waals surface area contributed by atoms with E-state index in [1.54, 1.807) is 12.1 Å². The van der Waals surface area contributed by atoms with Gasteiger partial charge in [-0.15, -0.1) is 0 Å². The molecule has 1 atom stereocenters. The molecule has 0 N–H and O–H groups in total. The van der Waals surface area contributed by atoms with Crippen LogP contribution >= 0.6 is 15.9 Å². The molecule has 1 aromatic rings. The largest absolute Gasteiger partial charge is 0.462 e. The fourth-order valence-corrected chi connectivity index (χ4v) is 1.85. The molecule has 0 unspecified atom stereocenters. The molecule has 1 aliphatic rings. The van der Waals surface area contributed by atoms with E-state index in [2.05, 4.69) is 15.9 Å². The Hall–Kier alpha value is -0.610. The van der Waals surface area contributed by atoms with Crippen molar-refractivity contribution in [1.29, 1.82) is 0 Å². The van der Waals surface area contributed by atoms with Gasteiger partial charge in [-0.2, -0.15) is 0 Å². The van der Waals surface area contributed by atoms with Crippen LogP contribution in [0.2, 0.25) is 0 Å². The van der Waals surface area contributed by atoms with Gasteiger partial charge in [0, 0.05) is 10.9 Å². The summed E-state index contributed by atoms with van der Waals surface area (Å²) in [6.45, 7) is 0.695. The summed E-state index contributed by atoms with van der Waals surface area (Å²) in [5, 5.41) is 0. The lowest BCUT2D eigenvalue weighted by molar-refractivity contribution is -0.107. The maximum absolute atomic E-state index is 13.3. The highest BCUT2D eigenvalue weighted by Gasteiger charge is 2.17. The number of ether oxygens (including phenoxy) is 2. The molecule has 0 spiro atoms. The van der Waals surface area contributed by atoms with Crippen LogP contribution in [0.4, 0.5) is 4.39 Å². The van der Waals surface area contributed by atoms with Crippen molar-refractivity contribution in [2.24, 2.45) is 0 Å². The highest BCUT2D eigenvalue weighted by atomic mass is 79.9. The summed E-state index contributed by atoms with van der Waals surface area (Å²) < 4.78 is 24.9. The van der Waals surface area contributed by atoms with E-state index in [9.17, 15) is 4.39 Å². The average Bonchev–Trinajstić information content (AvgIpc) is 2.25. The lowest BCUT2D eigenvalue weighted by Crippen LogP contribution is -2.25. The molecule has 0 aliphatic carbocycles. The van der Waals surface area contributed by atoms with Crippen molar-refractivity contribution in [2.45, 2.75) is 25.6 Å². The highest BCUT2D eigenvalue weighted by molar-refractivity contribution is 9.10. The molecule has 0 saturated carbocycles. The molecule has 4 heteroatoms. The molecule has 1 fully saturated rings. The molecule has 1 heterocycles. The first kappa shape index (κ1) is 10.9. The zero-order chi connectivity index (χ0) is 10.7. The molecular weight excluding hydrogens is 263 g/mol. The molecule has 0 amide bonds. The monoisotopic (exact) mass is 274 g/mol. The van der Waals surface area contributed by atoms with Crippen LogP contribution in [0.15, 0.2) is 22.7 Å². The van der Waals surface area contributed by atoms with E-state index in [0.717, 1.165) is 23.7 Å². The van der Waals surface area contributed by atoms with E-state index >= 15 is 0 Å². The molecule has 1 aliphatic heterocycles. The van der Waals surface area contributed by atoms with Gasteiger partial charge in [-0.05, 0) is 31.0 Å². The Morgan fingerprint density at radius 1 is 1.40 bits per heavy atom. The van der Waals surface area contributed by atoms with Crippen LogP contribution in [0.3, 0.4) is 0 Å². The van der Waals surface area contributed by atoms with E-state index in [1.807, 2.05) is 0 Å². The minimum Gasteiger partial charge on any atom is -0.462 e. The zero-order valence-electron chi connectivity index (χ0n) is 8.21. The Balaban J connectivity index is 2.05. The van der Waals surface area contributed by atoms with Crippen molar-refractivity contribution >= 4 is 15.9 Å². The van der Waals surface area contributed by atoms with Crippen molar-refractivity contribution in [3.63, 3.8) is 0 Å². The Labute approximate surface area is 96.5 Å². The normalized spacial score (nSPS) is 21.3. The predicted molar refractivity (Wildman–Crippen MR) is 58.3 cm³/mol. The van der Waals surface area contributed by atoms with Crippen molar-refractivity contribution in [3.05, 3.63) is 28.5 Å². The number of halogens is 2. The van der Waals surface area contributed by atoms with Gasteiger partial charge >= 0.3 is 0 Å². The third kappa shape index (κ3) is 2.92. The van der Waals surface area contributed by atoms with Gasteiger partial charge in [0.15, 0.2) is 17.9 Å². The lowest BCUT2D eigenvalue weighted by atomic mass is 10.2. The SMILES string of the molecule is Fc1ccc(Br)cc1O[C@@H]1CCCCO1. The summed E-state index contributed by atoms with van der Waals surface area (Å²) in [5.74, 6) is -0.108. The van der Waals surface area contributed by atoms with E-state index in [-0.39, 0.29) is 17.9 Å². The second-order valence-corrected chi connectivity index (χ2v) is 4.40. The predicted octanol–water partition coefficient (Wildman–Crippen LogP) is 3.49. The number of benzene rings is 1. The minimum atomic E-state index is -0.354. The van der Waals surface area contributed by atoms with Crippen molar-refractivity contribution in [1.82, 2.24) is 0 Å². The van der Waals surface area contributed by atoms with E-state index in [1.165, 1.54) is 6.07 Å². The third-order valence-corrected chi connectivity index (χ3v) is 2.78. The molecule has 0 bridgehead atoms. The summed E-state index contributed by atoms with van der Waals surface area (Å²) in [6, 6.07) is 4.64. The van der Waals surface area contributed by atoms with Gasteiger partial charge in [0.05, 0.1) is 6.61 Å². The van der Waals surface area contributed by atoms with Crippen LogP contribution < -0.4 is 4.74 Å². The quantitative estimate of drug-likeness (QED) is 0.822. The number of hydrogen-bond donors (Lipinski definition) is 0. The summed E-state index contributed by atoms with van der Waals surface area (Å²) >= 11 is 3.27. The fourth-order valence-electron chi connectivity index (χ4n) is 1.51.